The lowest BCUT2D eigenvalue weighted by Gasteiger charge is -2.23. The van der Waals surface area contributed by atoms with Crippen LogP contribution in [0.5, 0.6) is 0 Å². The summed E-state index contributed by atoms with van der Waals surface area (Å²) in [5.41, 5.74) is 0.760. The van der Waals surface area contributed by atoms with Crippen LogP contribution in [0.25, 0.3) is 5.52 Å². The molecule has 3 aromatic rings. The zero-order chi connectivity index (χ0) is 17.4. The number of thiazole rings is 1. The number of hydrogen-bond acceptors (Lipinski definition) is 8. The van der Waals surface area contributed by atoms with Gasteiger partial charge < -0.3 is 20.4 Å². The minimum atomic E-state index is -1.01. The molecule has 10 heteroatoms. The van der Waals surface area contributed by atoms with Crippen molar-refractivity contribution in [1.29, 1.82) is 0 Å². The summed E-state index contributed by atoms with van der Waals surface area (Å²) in [5, 5.41) is 26.6. The molecule has 1 atom stereocenters. The van der Waals surface area contributed by atoms with Crippen molar-refractivity contribution in [2.24, 2.45) is 0 Å². The number of aromatic nitrogens is 4. The number of aromatic carboxylic acids is 1. The standard InChI is InChI=1S/C15H16N6O3S/c22-8-9-3-1-5-20(9)14-17-12(10-4-2-6-21(10)19-14)18-15-16-7-11(25-15)13(23)24/h2,4,6-7,9,22H,1,3,5,8H2,(H,23,24)(H,16,17,18,19). The molecule has 9 nitrogen and oxygen atoms in total. The van der Waals surface area contributed by atoms with Crippen molar-refractivity contribution in [3.05, 3.63) is 29.4 Å². The third kappa shape index (κ3) is 2.89. The van der Waals surface area contributed by atoms with Crippen LogP contribution in [-0.4, -0.2) is 55.0 Å². The maximum Gasteiger partial charge on any atom is 0.347 e. The Hall–Kier alpha value is -2.72. The number of carbonyl (C=O) groups is 1. The molecule has 0 spiro atoms. The van der Waals surface area contributed by atoms with Gasteiger partial charge in [-0.3, -0.25) is 0 Å². The molecule has 1 unspecified atom stereocenters. The van der Waals surface area contributed by atoms with Crippen molar-refractivity contribution in [3.63, 3.8) is 0 Å². The zero-order valence-corrected chi connectivity index (χ0v) is 14.0. The number of nitrogens with one attached hydrogen (secondary N) is 1. The normalized spacial score (nSPS) is 17.3. The van der Waals surface area contributed by atoms with Gasteiger partial charge in [0, 0.05) is 12.7 Å². The van der Waals surface area contributed by atoms with Crippen LogP contribution in [0.2, 0.25) is 0 Å². The van der Waals surface area contributed by atoms with Crippen LogP contribution in [0.15, 0.2) is 24.5 Å². The van der Waals surface area contributed by atoms with E-state index in [1.165, 1.54) is 6.20 Å². The van der Waals surface area contributed by atoms with E-state index in [2.05, 4.69) is 20.4 Å². The topological polar surface area (TPSA) is 116 Å². The highest BCUT2D eigenvalue weighted by atomic mass is 32.1. The third-order valence-corrected chi connectivity index (χ3v) is 5.07. The summed E-state index contributed by atoms with van der Waals surface area (Å²) in [6, 6.07) is 3.74. The Balaban J connectivity index is 1.71. The van der Waals surface area contributed by atoms with Gasteiger partial charge in [-0.1, -0.05) is 11.3 Å². The fraction of sp³-hybridized carbons (Fsp3) is 0.333. The van der Waals surface area contributed by atoms with Crippen molar-refractivity contribution in [2.45, 2.75) is 18.9 Å². The average Bonchev–Trinajstić information content (AvgIpc) is 3.34. The maximum atomic E-state index is 11.0. The van der Waals surface area contributed by atoms with E-state index < -0.39 is 5.97 Å². The lowest BCUT2D eigenvalue weighted by molar-refractivity contribution is 0.0702. The van der Waals surface area contributed by atoms with Crippen LogP contribution >= 0.6 is 11.3 Å². The Morgan fingerprint density at radius 3 is 3.12 bits per heavy atom. The number of carboxylic acids is 1. The highest BCUT2D eigenvalue weighted by Crippen LogP contribution is 2.28. The molecular weight excluding hydrogens is 344 g/mol. The van der Waals surface area contributed by atoms with Crippen LogP contribution < -0.4 is 10.2 Å². The minimum absolute atomic E-state index is 0.0133. The number of nitrogens with zero attached hydrogens (tertiary/aromatic N) is 5. The van der Waals surface area contributed by atoms with Crippen LogP contribution in [0.1, 0.15) is 22.5 Å². The van der Waals surface area contributed by atoms with E-state index in [9.17, 15) is 9.90 Å². The SMILES string of the molecule is O=C(O)c1cnc(Nc2nc(N3CCCC3CO)nn3cccc23)s1. The Bertz CT molecular complexity index is 923. The molecular formula is C15H16N6O3S. The second-order valence-electron chi connectivity index (χ2n) is 5.73. The lowest BCUT2D eigenvalue weighted by Crippen LogP contribution is -2.34. The summed E-state index contributed by atoms with van der Waals surface area (Å²) in [6.07, 6.45) is 5.02. The molecule has 3 aromatic heterocycles. The summed E-state index contributed by atoms with van der Waals surface area (Å²) in [6.45, 7) is 0.849. The molecule has 4 rings (SSSR count). The number of fused-ring (bicyclic) bond motifs is 1. The van der Waals surface area contributed by atoms with Crippen LogP contribution in [0.4, 0.5) is 16.9 Å². The molecule has 4 heterocycles. The van der Waals surface area contributed by atoms with E-state index in [0.717, 1.165) is 36.2 Å². The monoisotopic (exact) mass is 360 g/mol. The van der Waals surface area contributed by atoms with Crippen molar-refractivity contribution < 1.29 is 15.0 Å². The van der Waals surface area contributed by atoms with E-state index >= 15 is 0 Å². The second-order valence-corrected chi connectivity index (χ2v) is 6.76. The van der Waals surface area contributed by atoms with Gasteiger partial charge in [-0.25, -0.2) is 14.3 Å². The molecule has 1 aliphatic heterocycles. The van der Waals surface area contributed by atoms with E-state index in [4.69, 9.17) is 5.11 Å². The molecule has 0 aliphatic carbocycles. The summed E-state index contributed by atoms with van der Waals surface area (Å²) in [4.78, 5) is 21.8. The van der Waals surface area contributed by atoms with Crippen molar-refractivity contribution >= 4 is 39.7 Å². The molecule has 1 aliphatic rings. The fourth-order valence-electron chi connectivity index (χ4n) is 2.96. The van der Waals surface area contributed by atoms with Gasteiger partial charge in [-0.15, -0.1) is 5.10 Å². The summed E-state index contributed by atoms with van der Waals surface area (Å²) >= 11 is 1.05. The number of rotatable bonds is 5. The Kier molecular flexibility index (Phi) is 3.98. The number of aliphatic hydroxyl groups excluding tert-OH is 1. The van der Waals surface area contributed by atoms with Crippen LogP contribution in [0, 0.1) is 0 Å². The van der Waals surface area contributed by atoms with Crippen molar-refractivity contribution in [2.75, 3.05) is 23.4 Å². The Labute approximate surface area is 146 Å². The Morgan fingerprint density at radius 2 is 2.36 bits per heavy atom. The predicted octanol–water partition coefficient (Wildman–Crippen LogP) is 1.59. The minimum Gasteiger partial charge on any atom is -0.477 e. The molecule has 130 valence electrons. The molecule has 0 amide bonds. The quantitative estimate of drug-likeness (QED) is 0.628. The van der Waals surface area contributed by atoms with Crippen LogP contribution in [-0.2, 0) is 0 Å². The van der Waals surface area contributed by atoms with Gasteiger partial charge in [0.15, 0.2) is 10.9 Å². The highest BCUT2D eigenvalue weighted by molar-refractivity contribution is 7.17. The summed E-state index contributed by atoms with van der Waals surface area (Å²) in [7, 11) is 0. The summed E-state index contributed by atoms with van der Waals surface area (Å²) in [5.74, 6) is 0.0623. The largest absolute Gasteiger partial charge is 0.477 e. The second kappa shape index (κ2) is 6.30. The van der Waals surface area contributed by atoms with Crippen LogP contribution in [0.3, 0.4) is 0 Å². The zero-order valence-electron chi connectivity index (χ0n) is 13.2. The molecule has 0 saturated carbocycles. The first-order valence-electron chi connectivity index (χ1n) is 7.85. The number of carboxylic acid groups (broad SMARTS) is 1. The molecule has 0 aromatic carbocycles. The van der Waals surface area contributed by atoms with E-state index in [0.29, 0.717) is 16.9 Å². The summed E-state index contributed by atoms with van der Waals surface area (Å²) < 4.78 is 1.71. The van der Waals surface area contributed by atoms with E-state index in [1.807, 2.05) is 23.2 Å². The molecule has 0 radical (unpaired) electrons. The van der Waals surface area contributed by atoms with Gasteiger partial charge in [0.1, 0.15) is 10.4 Å². The van der Waals surface area contributed by atoms with Gasteiger partial charge in [0.25, 0.3) is 0 Å². The van der Waals surface area contributed by atoms with Gasteiger partial charge >= 0.3 is 5.97 Å². The number of aliphatic hydroxyl groups is 1. The van der Waals surface area contributed by atoms with Crippen molar-refractivity contribution in [3.8, 4) is 0 Å². The number of anilines is 3. The van der Waals surface area contributed by atoms with Gasteiger partial charge in [0.2, 0.25) is 5.95 Å². The predicted molar refractivity (Wildman–Crippen MR) is 92.8 cm³/mol. The molecule has 1 fully saturated rings. The molecule has 3 N–H and O–H groups in total. The van der Waals surface area contributed by atoms with E-state index in [-0.39, 0.29) is 17.5 Å². The third-order valence-electron chi connectivity index (χ3n) is 4.17. The average molecular weight is 360 g/mol. The molecule has 25 heavy (non-hydrogen) atoms. The van der Waals surface area contributed by atoms with Gasteiger partial charge in [-0.05, 0) is 25.0 Å². The first-order valence-corrected chi connectivity index (χ1v) is 8.66. The lowest BCUT2D eigenvalue weighted by atomic mass is 10.2. The highest BCUT2D eigenvalue weighted by Gasteiger charge is 2.27. The van der Waals surface area contributed by atoms with Crippen molar-refractivity contribution in [1.82, 2.24) is 19.6 Å². The fourth-order valence-corrected chi connectivity index (χ4v) is 3.61. The first kappa shape index (κ1) is 15.8. The molecule has 0 bridgehead atoms. The van der Waals surface area contributed by atoms with Gasteiger partial charge in [0.05, 0.1) is 18.8 Å². The maximum absolute atomic E-state index is 11.0. The van der Waals surface area contributed by atoms with E-state index in [1.54, 1.807) is 4.52 Å². The number of hydrogen-bond donors (Lipinski definition) is 3. The first-order chi connectivity index (χ1) is 12.2. The van der Waals surface area contributed by atoms with Gasteiger partial charge in [-0.2, -0.15) is 4.98 Å². The smallest absolute Gasteiger partial charge is 0.347 e. The molecule has 1 saturated heterocycles. The Morgan fingerprint density at radius 1 is 1.48 bits per heavy atom.